The number of alkyl halides is 1. The molecule has 1 aromatic heterocycles. The Hall–Kier alpha value is -0.140. The fraction of sp³-hybridized carbons (Fsp3) is 0.556. The number of nitrogens with zero attached hydrogens (tertiary/aromatic N) is 3. The molecule has 0 unspecified atom stereocenters. The first-order valence-electron chi connectivity index (χ1n) is 4.71. The Bertz CT molecular complexity index is 344. The van der Waals surface area contributed by atoms with Crippen molar-refractivity contribution in [3.8, 4) is 0 Å². The molecule has 6 heteroatoms. The van der Waals surface area contributed by atoms with Gasteiger partial charge >= 0.3 is 0 Å². The van der Waals surface area contributed by atoms with Gasteiger partial charge in [0, 0.05) is 23.6 Å². The van der Waals surface area contributed by atoms with Crippen LogP contribution in [0.25, 0.3) is 0 Å². The summed E-state index contributed by atoms with van der Waals surface area (Å²) in [5, 5.41) is 0.325. The average Bonchev–Trinajstić information content (AvgIpc) is 2.29. The Labute approximate surface area is 107 Å². The average molecular weight is 340 g/mol. The van der Waals surface area contributed by atoms with Crippen LogP contribution in [0.1, 0.15) is 5.69 Å². The minimum atomic E-state index is 0.325. The first kappa shape index (κ1) is 11.3. The fourth-order valence-corrected chi connectivity index (χ4v) is 2.06. The topological polar surface area (TPSA) is 38.2 Å². The van der Waals surface area contributed by atoms with E-state index in [-0.39, 0.29) is 0 Å². The van der Waals surface area contributed by atoms with Gasteiger partial charge in [0.1, 0.15) is 5.82 Å². The molecule has 1 saturated heterocycles. The summed E-state index contributed by atoms with van der Waals surface area (Å²) in [6.07, 6.45) is 0. The van der Waals surface area contributed by atoms with Crippen LogP contribution in [0.15, 0.2) is 6.07 Å². The number of hydrogen-bond acceptors (Lipinski definition) is 4. The maximum absolute atomic E-state index is 5.86. The van der Waals surface area contributed by atoms with E-state index in [9.17, 15) is 0 Å². The van der Waals surface area contributed by atoms with Gasteiger partial charge in [0.05, 0.1) is 18.9 Å². The summed E-state index contributed by atoms with van der Waals surface area (Å²) in [6.45, 7) is 3.24. The van der Waals surface area contributed by atoms with Crippen LogP contribution < -0.4 is 4.90 Å². The molecule has 2 rings (SSSR count). The summed E-state index contributed by atoms with van der Waals surface area (Å²) in [4.78, 5) is 10.5. The minimum absolute atomic E-state index is 0.325. The van der Waals surface area contributed by atoms with E-state index >= 15 is 0 Å². The fourth-order valence-electron chi connectivity index (χ4n) is 1.47. The van der Waals surface area contributed by atoms with Crippen LogP contribution >= 0.6 is 34.2 Å². The molecule has 0 aromatic carbocycles. The number of ether oxygens (including phenoxy) is 1. The molecule has 0 atom stereocenters. The molecule has 0 aliphatic carbocycles. The van der Waals surface area contributed by atoms with Gasteiger partial charge in [-0.15, -0.1) is 0 Å². The molecule has 0 bridgehead atoms. The van der Waals surface area contributed by atoms with Gasteiger partial charge in [0.25, 0.3) is 0 Å². The SMILES string of the molecule is Clc1nc(CI)cc(N2CCOCC2)n1. The maximum Gasteiger partial charge on any atom is 0.224 e. The number of halogens is 2. The zero-order valence-electron chi connectivity index (χ0n) is 8.12. The van der Waals surface area contributed by atoms with Gasteiger partial charge in [-0.25, -0.2) is 9.97 Å². The highest BCUT2D eigenvalue weighted by molar-refractivity contribution is 14.1. The number of hydrogen-bond donors (Lipinski definition) is 0. The molecule has 82 valence electrons. The Balaban J connectivity index is 2.22. The van der Waals surface area contributed by atoms with Crippen LogP contribution in [0.5, 0.6) is 0 Å². The number of aromatic nitrogens is 2. The van der Waals surface area contributed by atoms with E-state index in [4.69, 9.17) is 16.3 Å². The van der Waals surface area contributed by atoms with Crippen LogP contribution in [0.2, 0.25) is 5.28 Å². The summed E-state index contributed by atoms with van der Waals surface area (Å²) in [7, 11) is 0. The van der Waals surface area contributed by atoms with Crippen LogP contribution in [0, 0.1) is 0 Å². The molecule has 0 amide bonds. The summed E-state index contributed by atoms with van der Waals surface area (Å²) in [5.74, 6) is 0.907. The van der Waals surface area contributed by atoms with Crippen molar-refractivity contribution in [2.75, 3.05) is 31.2 Å². The van der Waals surface area contributed by atoms with Crippen LogP contribution in [-0.4, -0.2) is 36.3 Å². The Morgan fingerprint density at radius 3 is 2.80 bits per heavy atom. The lowest BCUT2D eigenvalue weighted by Crippen LogP contribution is -2.36. The largest absolute Gasteiger partial charge is 0.378 e. The molecule has 0 saturated carbocycles. The van der Waals surface area contributed by atoms with Crippen molar-refractivity contribution in [1.29, 1.82) is 0 Å². The molecule has 0 N–H and O–H groups in total. The van der Waals surface area contributed by atoms with Crippen molar-refractivity contribution in [3.05, 3.63) is 17.0 Å². The zero-order chi connectivity index (χ0) is 10.7. The molecule has 1 aliphatic heterocycles. The van der Waals surface area contributed by atoms with E-state index in [1.807, 2.05) is 6.07 Å². The highest BCUT2D eigenvalue weighted by atomic mass is 127. The third kappa shape index (κ3) is 2.92. The third-order valence-electron chi connectivity index (χ3n) is 2.21. The normalized spacial score (nSPS) is 16.8. The smallest absolute Gasteiger partial charge is 0.224 e. The molecule has 1 aliphatic rings. The van der Waals surface area contributed by atoms with Gasteiger partial charge in [0.2, 0.25) is 5.28 Å². The summed E-state index contributed by atoms with van der Waals surface area (Å²) in [6, 6.07) is 1.99. The van der Waals surface area contributed by atoms with E-state index < -0.39 is 0 Å². The number of morpholine rings is 1. The van der Waals surface area contributed by atoms with Crippen molar-refractivity contribution < 1.29 is 4.74 Å². The van der Waals surface area contributed by atoms with Crippen molar-refractivity contribution in [2.45, 2.75) is 4.43 Å². The lowest BCUT2D eigenvalue weighted by atomic mass is 10.3. The van der Waals surface area contributed by atoms with Gasteiger partial charge in [-0.1, -0.05) is 22.6 Å². The quantitative estimate of drug-likeness (QED) is 0.469. The van der Waals surface area contributed by atoms with Crippen LogP contribution in [-0.2, 0) is 9.16 Å². The number of rotatable bonds is 2. The van der Waals surface area contributed by atoms with E-state index in [1.165, 1.54) is 0 Å². The monoisotopic (exact) mass is 339 g/mol. The molecule has 0 spiro atoms. The van der Waals surface area contributed by atoms with Crippen molar-refractivity contribution in [1.82, 2.24) is 9.97 Å². The maximum atomic E-state index is 5.86. The second kappa shape index (κ2) is 5.27. The minimum Gasteiger partial charge on any atom is -0.378 e. The Morgan fingerprint density at radius 1 is 1.40 bits per heavy atom. The first-order valence-corrected chi connectivity index (χ1v) is 6.62. The zero-order valence-corrected chi connectivity index (χ0v) is 11.0. The van der Waals surface area contributed by atoms with E-state index in [2.05, 4.69) is 37.5 Å². The predicted molar refractivity (Wildman–Crippen MR) is 67.8 cm³/mol. The summed E-state index contributed by atoms with van der Waals surface area (Å²) in [5.41, 5.74) is 0.970. The molecule has 1 fully saturated rings. The summed E-state index contributed by atoms with van der Waals surface area (Å²) < 4.78 is 6.13. The van der Waals surface area contributed by atoms with Crippen molar-refractivity contribution >= 4 is 40.0 Å². The van der Waals surface area contributed by atoms with Gasteiger partial charge < -0.3 is 9.64 Å². The molecule has 0 radical (unpaired) electrons. The van der Waals surface area contributed by atoms with Crippen molar-refractivity contribution in [3.63, 3.8) is 0 Å². The molecule has 1 aromatic rings. The van der Waals surface area contributed by atoms with Gasteiger partial charge in [-0.2, -0.15) is 0 Å². The van der Waals surface area contributed by atoms with Crippen LogP contribution in [0.3, 0.4) is 0 Å². The van der Waals surface area contributed by atoms with E-state index in [0.29, 0.717) is 5.28 Å². The third-order valence-corrected chi connectivity index (χ3v) is 3.16. The molecular weight excluding hydrogens is 328 g/mol. The van der Waals surface area contributed by atoms with Crippen LogP contribution in [0.4, 0.5) is 5.82 Å². The predicted octanol–water partition coefficient (Wildman–Crippen LogP) is 1.90. The highest BCUT2D eigenvalue weighted by Crippen LogP contribution is 2.17. The van der Waals surface area contributed by atoms with E-state index in [1.54, 1.807) is 0 Å². The second-order valence-corrected chi connectivity index (χ2v) is 4.32. The molecule has 4 nitrogen and oxygen atoms in total. The molecular formula is C9H11ClIN3O. The van der Waals surface area contributed by atoms with Crippen molar-refractivity contribution in [2.24, 2.45) is 0 Å². The highest BCUT2D eigenvalue weighted by Gasteiger charge is 2.13. The van der Waals surface area contributed by atoms with E-state index in [0.717, 1.165) is 42.2 Å². The first-order chi connectivity index (χ1) is 7.29. The second-order valence-electron chi connectivity index (χ2n) is 3.22. The molecule has 2 heterocycles. The Kier molecular flexibility index (Phi) is 3.99. The van der Waals surface area contributed by atoms with Gasteiger partial charge in [-0.3, -0.25) is 0 Å². The standard InChI is InChI=1S/C9H11ClIN3O/c10-9-12-7(6-11)5-8(13-9)14-1-3-15-4-2-14/h5H,1-4,6H2. The molecule has 15 heavy (non-hydrogen) atoms. The lowest BCUT2D eigenvalue weighted by molar-refractivity contribution is 0.122. The number of anilines is 1. The van der Waals surface area contributed by atoms with Gasteiger partial charge in [-0.05, 0) is 11.6 Å². The lowest BCUT2D eigenvalue weighted by Gasteiger charge is -2.27. The van der Waals surface area contributed by atoms with Gasteiger partial charge in [0.15, 0.2) is 0 Å². The summed E-state index contributed by atoms with van der Waals surface area (Å²) >= 11 is 8.13. The Morgan fingerprint density at radius 2 is 2.13 bits per heavy atom.